The minimum Gasteiger partial charge on any atom is -0.369 e. The van der Waals surface area contributed by atoms with E-state index in [0.29, 0.717) is 13.1 Å². The topological polar surface area (TPSA) is 67.9 Å². The highest BCUT2D eigenvalue weighted by Gasteiger charge is 2.32. The van der Waals surface area contributed by atoms with Crippen molar-refractivity contribution in [1.82, 2.24) is 5.32 Å². The molecular formula is C19H24F2N2O4. The molecule has 148 valence electrons. The van der Waals surface area contributed by atoms with Crippen molar-refractivity contribution in [2.75, 3.05) is 32.2 Å². The fourth-order valence-electron chi connectivity index (χ4n) is 3.95. The lowest BCUT2D eigenvalue weighted by atomic mass is 9.89. The van der Waals surface area contributed by atoms with Crippen molar-refractivity contribution in [3.8, 4) is 0 Å². The molecule has 8 heteroatoms. The van der Waals surface area contributed by atoms with Gasteiger partial charge in [-0.05, 0) is 25.3 Å². The van der Waals surface area contributed by atoms with Gasteiger partial charge in [0, 0.05) is 51.3 Å². The quantitative estimate of drug-likeness (QED) is 0.625. The van der Waals surface area contributed by atoms with Crippen LogP contribution in [0.3, 0.4) is 0 Å². The van der Waals surface area contributed by atoms with E-state index in [0.717, 1.165) is 25.0 Å². The van der Waals surface area contributed by atoms with Crippen molar-refractivity contribution < 1.29 is 27.8 Å². The predicted molar refractivity (Wildman–Crippen MR) is 94.2 cm³/mol. The summed E-state index contributed by atoms with van der Waals surface area (Å²) in [5, 5.41) is 2.18. The Kier molecular flexibility index (Phi) is 6.06. The lowest BCUT2D eigenvalue weighted by Gasteiger charge is -2.36. The Hall–Kier alpha value is -2.06. The molecule has 1 unspecified atom stereocenters. The van der Waals surface area contributed by atoms with Crippen molar-refractivity contribution in [3.05, 3.63) is 29.3 Å². The van der Waals surface area contributed by atoms with Crippen LogP contribution in [0.15, 0.2) is 12.1 Å². The summed E-state index contributed by atoms with van der Waals surface area (Å²) in [5.41, 5.74) is 0.184. The molecule has 2 aliphatic heterocycles. The van der Waals surface area contributed by atoms with Gasteiger partial charge in [0.05, 0.1) is 11.6 Å². The standard InChI is InChI=1S/C19H24F2N2O4/c1-26-19(27-2)11-5-7-23(8-6-11)16-10-14(20)13(9-15(16)21)12-3-4-17(24)22-18(12)25/h9-12,19H,3-8H2,1-2H3,(H,22,24,25). The van der Waals surface area contributed by atoms with E-state index in [4.69, 9.17) is 9.47 Å². The molecular weight excluding hydrogens is 358 g/mol. The summed E-state index contributed by atoms with van der Waals surface area (Å²) in [7, 11) is 3.17. The zero-order chi connectivity index (χ0) is 19.6. The third-order valence-electron chi connectivity index (χ3n) is 5.41. The average Bonchev–Trinajstić information content (AvgIpc) is 2.65. The van der Waals surface area contributed by atoms with Crippen molar-refractivity contribution >= 4 is 17.5 Å². The molecule has 1 aromatic rings. The van der Waals surface area contributed by atoms with E-state index in [9.17, 15) is 18.4 Å². The summed E-state index contributed by atoms with van der Waals surface area (Å²) in [5.74, 6) is -2.81. The number of imide groups is 1. The molecule has 1 N–H and O–H groups in total. The lowest BCUT2D eigenvalue weighted by Crippen LogP contribution is -2.40. The Balaban J connectivity index is 1.74. The second kappa shape index (κ2) is 8.31. The van der Waals surface area contributed by atoms with Crippen LogP contribution in [-0.4, -0.2) is 45.4 Å². The van der Waals surface area contributed by atoms with Gasteiger partial charge in [-0.15, -0.1) is 0 Å². The maximum Gasteiger partial charge on any atom is 0.234 e. The molecule has 0 aromatic heterocycles. The van der Waals surface area contributed by atoms with Gasteiger partial charge < -0.3 is 14.4 Å². The van der Waals surface area contributed by atoms with Gasteiger partial charge in [0.1, 0.15) is 11.6 Å². The van der Waals surface area contributed by atoms with Gasteiger partial charge in [0.25, 0.3) is 0 Å². The van der Waals surface area contributed by atoms with Crippen LogP contribution in [0.1, 0.15) is 37.2 Å². The van der Waals surface area contributed by atoms with Crippen LogP contribution >= 0.6 is 0 Å². The Morgan fingerprint density at radius 2 is 1.74 bits per heavy atom. The lowest BCUT2D eigenvalue weighted by molar-refractivity contribution is -0.141. The fourth-order valence-corrected chi connectivity index (χ4v) is 3.95. The molecule has 27 heavy (non-hydrogen) atoms. The summed E-state index contributed by atoms with van der Waals surface area (Å²) in [6.45, 7) is 1.12. The number of anilines is 1. The first-order chi connectivity index (χ1) is 12.9. The fraction of sp³-hybridized carbons (Fsp3) is 0.579. The van der Waals surface area contributed by atoms with E-state index in [1.165, 1.54) is 0 Å². The molecule has 0 bridgehead atoms. The van der Waals surface area contributed by atoms with E-state index < -0.39 is 23.5 Å². The van der Waals surface area contributed by atoms with Gasteiger partial charge in [-0.3, -0.25) is 14.9 Å². The number of nitrogens with zero attached hydrogens (tertiary/aromatic N) is 1. The van der Waals surface area contributed by atoms with E-state index in [2.05, 4.69) is 5.32 Å². The highest BCUT2D eigenvalue weighted by Crippen LogP contribution is 2.33. The van der Waals surface area contributed by atoms with Crippen LogP contribution in [0.5, 0.6) is 0 Å². The highest BCUT2D eigenvalue weighted by atomic mass is 19.1. The second-order valence-electron chi connectivity index (χ2n) is 6.99. The molecule has 1 atom stereocenters. The summed E-state index contributed by atoms with van der Waals surface area (Å²) in [4.78, 5) is 25.0. The van der Waals surface area contributed by atoms with E-state index in [-0.39, 0.29) is 42.2 Å². The molecule has 6 nitrogen and oxygen atoms in total. The molecule has 0 aliphatic carbocycles. The largest absolute Gasteiger partial charge is 0.369 e. The average molecular weight is 382 g/mol. The summed E-state index contributed by atoms with van der Waals surface area (Å²) in [6, 6.07) is 2.24. The van der Waals surface area contributed by atoms with E-state index in [1.54, 1.807) is 19.1 Å². The van der Waals surface area contributed by atoms with Crippen molar-refractivity contribution in [2.24, 2.45) is 5.92 Å². The smallest absolute Gasteiger partial charge is 0.234 e. The molecule has 0 saturated carbocycles. The van der Waals surface area contributed by atoms with Gasteiger partial charge in [-0.25, -0.2) is 8.78 Å². The number of hydrogen-bond acceptors (Lipinski definition) is 5. The zero-order valence-corrected chi connectivity index (χ0v) is 15.5. The van der Waals surface area contributed by atoms with Crippen LogP contribution in [0, 0.1) is 17.6 Å². The number of carbonyl (C=O) groups is 2. The number of amides is 2. The third-order valence-corrected chi connectivity index (χ3v) is 5.41. The third kappa shape index (κ3) is 4.11. The van der Waals surface area contributed by atoms with Crippen LogP contribution < -0.4 is 10.2 Å². The minimum absolute atomic E-state index is 0.00466. The number of carbonyl (C=O) groups excluding carboxylic acids is 2. The van der Waals surface area contributed by atoms with Gasteiger partial charge in [-0.1, -0.05) is 0 Å². The zero-order valence-electron chi connectivity index (χ0n) is 15.5. The molecule has 2 fully saturated rings. The first kappa shape index (κ1) is 19.7. The molecule has 2 saturated heterocycles. The first-order valence-electron chi connectivity index (χ1n) is 9.07. The number of benzene rings is 1. The van der Waals surface area contributed by atoms with Crippen LogP contribution in [0.4, 0.5) is 14.5 Å². The summed E-state index contributed by atoms with van der Waals surface area (Å²) in [6.07, 6.45) is 1.47. The molecule has 3 rings (SSSR count). The maximum absolute atomic E-state index is 14.7. The predicted octanol–water partition coefficient (Wildman–Crippen LogP) is 2.32. The van der Waals surface area contributed by atoms with Crippen molar-refractivity contribution in [1.29, 1.82) is 0 Å². The highest BCUT2D eigenvalue weighted by molar-refractivity contribution is 6.01. The first-order valence-corrected chi connectivity index (χ1v) is 9.07. The van der Waals surface area contributed by atoms with Crippen molar-refractivity contribution in [3.63, 3.8) is 0 Å². The number of piperidine rings is 2. The monoisotopic (exact) mass is 382 g/mol. The Morgan fingerprint density at radius 3 is 2.33 bits per heavy atom. The molecule has 0 spiro atoms. The molecule has 0 radical (unpaired) electrons. The number of nitrogens with one attached hydrogen (secondary N) is 1. The number of halogens is 2. The normalized spacial score (nSPS) is 21.7. The van der Waals surface area contributed by atoms with E-state index in [1.807, 2.05) is 0 Å². The molecule has 2 aliphatic rings. The molecule has 2 heterocycles. The number of methoxy groups -OCH3 is 2. The summed E-state index contributed by atoms with van der Waals surface area (Å²) >= 11 is 0. The van der Waals surface area contributed by atoms with Crippen LogP contribution in [0.25, 0.3) is 0 Å². The minimum atomic E-state index is -0.846. The Bertz CT molecular complexity index is 716. The Labute approximate surface area is 156 Å². The maximum atomic E-state index is 14.7. The SMILES string of the molecule is COC(OC)C1CCN(c2cc(F)c(C3CCC(=O)NC3=O)cc2F)CC1. The van der Waals surface area contributed by atoms with Crippen LogP contribution in [-0.2, 0) is 19.1 Å². The van der Waals surface area contributed by atoms with Gasteiger partial charge in [-0.2, -0.15) is 0 Å². The Morgan fingerprint density at radius 1 is 1.07 bits per heavy atom. The number of hydrogen-bond donors (Lipinski definition) is 1. The molecule has 1 aromatic carbocycles. The number of ether oxygens (including phenoxy) is 2. The van der Waals surface area contributed by atoms with Crippen molar-refractivity contribution in [2.45, 2.75) is 37.9 Å². The second-order valence-corrected chi connectivity index (χ2v) is 6.99. The van der Waals surface area contributed by atoms with Gasteiger partial charge in [0.15, 0.2) is 6.29 Å². The van der Waals surface area contributed by atoms with Crippen LogP contribution in [0.2, 0.25) is 0 Å². The summed E-state index contributed by atoms with van der Waals surface area (Å²) < 4.78 is 39.9. The van der Waals surface area contributed by atoms with E-state index >= 15 is 0 Å². The van der Waals surface area contributed by atoms with Gasteiger partial charge in [0.2, 0.25) is 11.8 Å². The molecule has 2 amide bonds. The number of rotatable bonds is 5. The van der Waals surface area contributed by atoms with Gasteiger partial charge >= 0.3 is 0 Å².